The van der Waals surface area contributed by atoms with Crippen LogP contribution in [0, 0.1) is 11.7 Å². The molecule has 0 spiro atoms. The third-order valence-electron chi connectivity index (χ3n) is 6.34. The van der Waals surface area contributed by atoms with E-state index in [1.165, 1.54) is 12.1 Å². The molecule has 0 radical (unpaired) electrons. The van der Waals surface area contributed by atoms with Gasteiger partial charge >= 0.3 is 6.03 Å². The number of carbonyl (C=O) groups excluding carboxylic acids is 1. The molecule has 2 aromatic rings. The van der Waals surface area contributed by atoms with Crippen molar-refractivity contribution in [2.45, 2.75) is 58.3 Å². The number of benzene rings is 2. The molecule has 1 unspecified atom stereocenters. The molecule has 5 nitrogen and oxygen atoms in total. The van der Waals surface area contributed by atoms with Gasteiger partial charge in [0.15, 0.2) is 0 Å². The van der Waals surface area contributed by atoms with Gasteiger partial charge < -0.3 is 20.2 Å². The Kier molecular flexibility index (Phi) is 8.65. The van der Waals surface area contributed by atoms with Gasteiger partial charge in [-0.15, -0.1) is 0 Å². The van der Waals surface area contributed by atoms with E-state index in [2.05, 4.69) is 17.3 Å². The zero-order valence-electron chi connectivity index (χ0n) is 19.4. The van der Waals surface area contributed by atoms with Crippen molar-refractivity contribution < 1.29 is 14.3 Å². The van der Waals surface area contributed by atoms with Crippen LogP contribution < -0.4 is 5.32 Å². The van der Waals surface area contributed by atoms with E-state index in [-0.39, 0.29) is 29.9 Å². The Morgan fingerprint density at radius 1 is 1.06 bits per heavy atom. The number of urea groups is 1. The van der Waals surface area contributed by atoms with Crippen LogP contribution in [0.5, 0.6) is 0 Å². The van der Waals surface area contributed by atoms with E-state index >= 15 is 0 Å². The number of nitrogens with zero attached hydrogens (tertiary/aromatic N) is 2. The molecule has 1 atom stereocenters. The Hall–Kier alpha value is -2.44. The summed E-state index contributed by atoms with van der Waals surface area (Å²) in [5.74, 6) is -0.0472. The topological polar surface area (TPSA) is 55.8 Å². The molecule has 0 bridgehead atoms. The highest BCUT2D eigenvalue weighted by atomic mass is 19.1. The summed E-state index contributed by atoms with van der Waals surface area (Å²) in [6.07, 6.45) is 2.14. The average molecular weight is 442 g/mol. The van der Waals surface area contributed by atoms with Crippen molar-refractivity contribution in [3.8, 4) is 0 Å². The summed E-state index contributed by atoms with van der Waals surface area (Å²) in [5.41, 5.74) is 3.03. The minimum Gasteiger partial charge on any atom is -0.393 e. The van der Waals surface area contributed by atoms with Crippen LogP contribution in [0.3, 0.4) is 0 Å². The van der Waals surface area contributed by atoms with Crippen LogP contribution in [-0.2, 0) is 19.5 Å². The number of halogens is 1. The molecule has 1 aliphatic rings. The number of hydrogen-bond donors (Lipinski definition) is 2. The van der Waals surface area contributed by atoms with Crippen LogP contribution in [0.2, 0.25) is 0 Å². The standard InChI is InChI=1S/C26H36FN3O2/c1-19(2)25(31)16-20-4-6-21(7-5-20)17-28-26(32)30(24-12-14-29(3)15-13-24)18-22-8-10-23(27)11-9-22/h4-11,19,24-25,31H,12-18H2,1-3H3,(H,28,32). The second-order valence-corrected chi connectivity index (χ2v) is 9.28. The Morgan fingerprint density at radius 2 is 1.62 bits per heavy atom. The molecule has 2 amide bonds. The summed E-state index contributed by atoms with van der Waals surface area (Å²) in [6, 6.07) is 14.5. The SMILES string of the molecule is CC(C)C(O)Cc1ccc(CNC(=O)N(Cc2ccc(F)cc2)C2CCN(C)CC2)cc1. The van der Waals surface area contributed by atoms with Crippen LogP contribution in [0.25, 0.3) is 0 Å². The molecule has 32 heavy (non-hydrogen) atoms. The largest absolute Gasteiger partial charge is 0.393 e. The number of rotatable bonds is 8. The quantitative estimate of drug-likeness (QED) is 0.646. The Balaban J connectivity index is 1.62. The van der Waals surface area contributed by atoms with E-state index < -0.39 is 0 Å². The van der Waals surface area contributed by atoms with Gasteiger partial charge in [-0.25, -0.2) is 9.18 Å². The summed E-state index contributed by atoms with van der Waals surface area (Å²) in [5, 5.41) is 13.1. The molecule has 1 aliphatic heterocycles. The number of piperidine rings is 1. The number of aliphatic hydroxyl groups is 1. The van der Waals surface area contributed by atoms with Gasteiger partial charge in [0.2, 0.25) is 0 Å². The summed E-state index contributed by atoms with van der Waals surface area (Å²) in [4.78, 5) is 17.3. The van der Waals surface area contributed by atoms with E-state index in [1.54, 1.807) is 12.1 Å². The summed E-state index contributed by atoms with van der Waals surface area (Å²) in [7, 11) is 2.10. The van der Waals surface area contributed by atoms with Crippen molar-refractivity contribution in [3.05, 3.63) is 71.0 Å². The van der Waals surface area contributed by atoms with Gasteiger partial charge in [-0.3, -0.25) is 0 Å². The Labute approximate surface area is 191 Å². The van der Waals surface area contributed by atoms with Gasteiger partial charge in [-0.05, 0) is 74.1 Å². The predicted molar refractivity (Wildman–Crippen MR) is 126 cm³/mol. The highest BCUT2D eigenvalue weighted by molar-refractivity contribution is 5.74. The fourth-order valence-electron chi connectivity index (χ4n) is 4.01. The molecule has 0 aromatic heterocycles. The maximum Gasteiger partial charge on any atom is 0.318 e. The first-order valence-corrected chi connectivity index (χ1v) is 11.5. The van der Waals surface area contributed by atoms with Crippen molar-refractivity contribution in [1.82, 2.24) is 15.1 Å². The minimum absolute atomic E-state index is 0.0943. The van der Waals surface area contributed by atoms with Crippen molar-refractivity contribution in [2.75, 3.05) is 20.1 Å². The highest BCUT2D eigenvalue weighted by Crippen LogP contribution is 2.19. The smallest absolute Gasteiger partial charge is 0.318 e. The number of aliphatic hydroxyl groups excluding tert-OH is 1. The van der Waals surface area contributed by atoms with Crippen molar-refractivity contribution in [2.24, 2.45) is 5.92 Å². The normalized spacial score (nSPS) is 16.2. The lowest BCUT2D eigenvalue weighted by atomic mass is 9.98. The van der Waals surface area contributed by atoms with Crippen LogP contribution in [0.4, 0.5) is 9.18 Å². The number of nitrogens with one attached hydrogen (secondary N) is 1. The van der Waals surface area contributed by atoms with Crippen LogP contribution in [0.1, 0.15) is 43.4 Å². The molecular weight excluding hydrogens is 405 g/mol. The van der Waals surface area contributed by atoms with Gasteiger partial charge in [0.1, 0.15) is 5.82 Å². The molecule has 3 rings (SSSR count). The zero-order chi connectivity index (χ0) is 23.1. The van der Waals surface area contributed by atoms with Crippen molar-refractivity contribution in [3.63, 3.8) is 0 Å². The molecule has 6 heteroatoms. The van der Waals surface area contributed by atoms with Crippen LogP contribution in [0.15, 0.2) is 48.5 Å². The van der Waals surface area contributed by atoms with E-state index in [9.17, 15) is 14.3 Å². The lowest BCUT2D eigenvalue weighted by Gasteiger charge is -2.37. The highest BCUT2D eigenvalue weighted by Gasteiger charge is 2.27. The molecule has 1 heterocycles. The summed E-state index contributed by atoms with van der Waals surface area (Å²) < 4.78 is 13.3. The summed E-state index contributed by atoms with van der Waals surface area (Å²) in [6.45, 7) is 6.85. The fraction of sp³-hybridized carbons (Fsp3) is 0.500. The second-order valence-electron chi connectivity index (χ2n) is 9.28. The maximum atomic E-state index is 13.3. The molecule has 1 fully saturated rings. The van der Waals surface area contributed by atoms with E-state index in [4.69, 9.17) is 0 Å². The molecule has 174 valence electrons. The number of hydrogen-bond acceptors (Lipinski definition) is 3. The molecule has 0 aliphatic carbocycles. The number of amides is 2. The lowest BCUT2D eigenvalue weighted by Crippen LogP contribution is -2.49. The zero-order valence-corrected chi connectivity index (χ0v) is 19.4. The maximum absolute atomic E-state index is 13.3. The van der Waals surface area contributed by atoms with E-state index in [1.807, 2.05) is 43.0 Å². The second kappa shape index (κ2) is 11.4. The Bertz CT molecular complexity index is 846. The third-order valence-corrected chi connectivity index (χ3v) is 6.34. The van der Waals surface area contributed by atoms with Gasteiger partial charge in [0, 0.05) is 19.1 Å². The van der Waals surface area contributed by atoms with Gasteiger partial charge in [-0.2, -0.15) is 0 Å². The van der Waals surface area contributed by atoms with Crippen LogP contribution >= 0.6 is 0 Å². The number of carbonyl (C=O) groups is 1. The first-order chi connectivity index (χ1) is 15.3. The molecule has 2 N–H and O–H groups in total. The summed E-state index contributed by atoms with van der Waals surface area (Å²) >= 11 is 0. The van der Waals surface area contributed by atoms with Gasteiger partial charge in [0.25, 0.3) is 0 Å². The van der Waals surface area contributed by atoms with E-state index in [0.717, 1.165) is 42.6 Å². The Morgan fingerprint density at radius 3 is 2.22 bits per heavy atom. The molecule has 0 saturated carbocycles. The molecule has 1 saturated heterocycles. The molecule has 2 aromatic carbocycles. The predicted octanol–water partition coefficient (Wildman–Crippen LogP) is 4.19. The fourth-order valence-corrected chi connectivity index (χ4v) is 4.01. The van der Waals surface area contributed by atoms with Crippen molar-refractivity contribution >= 4 is 6.03 Å². The third kappa shape index (κ3) is 7.04. The molecular formula is C26H36FN3O2. The van der Waals surface area contributed by atoms with Crippen molar-refractivity contribution in [1.29, 1.82) is 0 Å². The van der Waals surface area contributed by atoms with Crippen LogP contribution in [-0.4, -0.2) is 53.2 Å². The van der Waals surface area contributed by atoms with Gasteiger partial charge in [0.05, 0.1) is 6.10 Å². The number of likely N-dealkylation sites (tertiary alicyclic amines) is 1. The first-order valence-electron chi connectivity index (χ1n) is 11.5. The minimum atomic E-state index is -0.352. The first kappa shape index (κ1) is 24.2. The van der Waals surface area contributed by atoms with E-state index in [0.29, 0.717) is 19.5 Å². The lowest BCUT2D eigenvalue weighted by molar-refractivity contribution is 0.125. The average Bonchev–Trinajstić information content (AvgIpc) is 2.78. The van der Waals surface area contributed by atoms with Gasteiger partial charge in [-0.1, -0.05) is 50.2 Å². The monoisotopic (exact) mass is 441 g/mol.